The number of para-hydroxylation sites is 1. The van der Waals surface area contributed by atoms with E-state index >= 15 is 0 Å². The highest BCUT2D eigenvalue weighted by molar-refractivity contribution is 6.08. The van der Waals surface area contributed by atoms with Gasteiger partial charge < -0.3 is 15.6 Å². The van der Waals surface area contributed by atoms with Crippen molar-refractivity contribution in [3.8, 4) is 16.9 Å². The highest BCUT2D eigenvalue weighted by Crippen LogP contribution is 2.39. The van der Waals surface area contributed by atoms with Crippen LogP contribution in [0.5, 0.6) is 5.75 Å². The SMILES string of the molecule is NC(=O)c1cnc2c(C(F)(F)F)cccc2c1-c1cccc(OCc2ccc(CC(=O)O)cc2)c1. The van der Waals surface area contributed by atoms with Gasteiger partial charge in [-0.2, -0.15) is 13.2 Å². The van der Waals surface area contributed by atoms with E-state index < -0.39 is 23.6 Å². The molecule has 9 heteroatoms. The highest BCUT2D eigenvalue weighted by Gasteiger charge is 2.34. The molecule has 1 amide bonds. The monoisotopic (exact) mass is 480 g/mol. The first kappa shape index (κ1) is 23.7. The lowest BCUT2D eigenvalue weighted by Crippen LogP contribution is -2.14. The number of ether oxygens (including phenoxy) is 1. The number of nitrogens with zero attached hydrogens (tertiary/aromatic N) is 1. The van der Waals surface area contributed by atoms with Gasteiger partial charge >= 0.3 is 12.1 Å². The number of carboxylic acids is 1. The van der Waals surface area contributed by atoms with Crippen LogP contribution in [0.15, 0.2) is 72.9 Å². The number of halogens is 3. The number of hydrogen-bond acceptors (Lipinski definition) is 4. The van der Waals surface area contributed by atoms with Crippen molar-refractivity contribution in [1.29, 1.82) is 0 Å². The highest BCUT2D eigenvalue weighted by atomic mass is 19.4. The summed E-state index contributed by atoms with van der Waals surface area (Å²) in [5.41, 5.74) is 6.44. The van der Waals surface area contributed by atoms with E-state index in [-0.39, 0.29) is 35.1 Å². The Kier molecular flexibility index (Phi) is 6.42. The van der Waals surface area contributed by atoms with E-state index in [2.05, 4.69) is 4.98 Å². The Labute approximate surface area is 197 Å². The number of rotatable bonds is 7. The standard InChI is InChI=1S/C26H19F3N2O4/c27-26(28,29)21-6-2-5-19-23(20(25(30)34)13-31-24(19)21)17-3-1-4-18(12-17)35-14-16-9-7-15(8-10-16)11-22(32)33/h1-10,12-13H,11,14H2,(H2,30,34)(H,32,33). The maximum Gasteiger partial charge on any atom is 0.418 e. The molecular weight excluding hydrogens is 461 g/mol. The third-order valence-corrected chi connectivity index (χ3v) is 5.37. The Hall–Kier alpha value is -4.40. The van der Waals surface area contributed by atoms with E-state index in [1.165, 1.54) is 12.1 Å². The van der Waals surface area contributed by atoms with E-state index in [1.54, 1.807) is 48.5 Å². The summed E-state index contributed by atoms with van der Waals surface area (Å²) in [4.78, 5) is 26.8. The molecule has 3 aromatic carbocycles. The van der Waals surface area contributed by atoms with Crippen molar-refractivity contribution in [1.82, 2.24) is 4.98 Å². The molecular formula is C26H19F3N2O4. The molecule has 0 fully saturated rings. The van der Waals surface area contributed by atoms with Crippen molar-refractivity contribution in [3.05, 3.63) is 95.2 Å². The van der Waals surface area contributed by atoms with Crippen LogP contribution < -0.4 is 10.5 Å². The molecule has 0 bridgehead atoms. The van der Waals surface area contributed by atoms with Crippen LogP contribution in [0.2, 0.25) is 0 Å². The number of carboxylic acid groups (broad SMARTS) is 1. The minimum absolute atomic E-state index is 0.0111. The van der Waals surface area contributed by atoms with Crippen LogP contribution in [0.25, 0.3) is 22.0 Å². The van der Waals surface area contributed by atoms with Crippen LogP contribution in [-0.2, 0) is 24.0 Å². The summed E-state index contributed by atoms with van der Waals surface area (Å²) in [6, 6.07) is 17.2. The summed E-state index contributed by atoms with van der Waals surface area (Å²) < 4.78 is 46.5. The van der Waals surface area contributed by atoms with Gasteiger partial charge in [0.05, 0.1) is 23.1 Å². The number of carbonyl (C=O) groups is 2. The molecule has 35 heavy (non-hydrogen) atoms. The molecule has 0 unspecified atom stereocenters. The van der Waals surface area contributed by atoms with E-state index in [0.29, 0.717) is 16.9 Å². The number of aromatic nitrogens is 1. The van der Waals surface area contributed by atoms with Crippen molar-refractivity contribution < 1.29 is 32.6 Å². The number of benzene rings is 3. The lowest BCUT2D eigenvalue weighted by atomic mass is 9.94. The number of primary amides is 1. The molecule has 3 N–H and O–H groups in total. The third kappa shape index (κ3) is 5.24. The molecule has 4 rings (SSSR count). The largest absolute Gasteiger partial charge is 0.489 e. The lowest BCUT2D eigenvalue weighted by molar-refractivity contribution is -0.137. The molecule has 4 aromatic rings. The van der Waals surface area contributed by atoms with E-state index in [9.17, 15) is 22.8 Å². The Morgan fingerprint density at radius 2 is 1.66 bits per heavy atom. The Bertz CT molecular complexity index is 1420. The fraction of sp³-hybridized carbons (Fsp3) is 0.115. The van der Waals surface area contributed by atoms with Gasteiger partial charge in [-0.15, -0.1) is 0 Å². The molecule has 0 radical (unpaired) electrons. The Morgan fingerprint density at radius 1 is 0.971 bits per heavy atom. The van der Waals surface area contributed by atoms with Gasteiger partial charge in [0.15, 0.2) is 0 Å². The lowest BCUT2D eigenvalue weighted by Gasteiger charge is -2.15. The molecule has 0 spiro atoms. The topological polar surface area (TPSA) is 103 Å². The summed E-state index contributed by atoms with van der Waals surface area (Å²) in [6.45, 7) is 0.175. The zero-order valence-electron chi connectivity index (χ0n) is 18.2. The normalized spacial score (nSPS) is 11.4. The average molecular weight is 480 g/mol. The fourth-order valence-electron chi connectivity index (χ4n) is 3.79. The number of pyridine rings is 1. The van der Waals surface area contributed by atoms with Crippen LogP contribution in [0.1, 0.15) is 27.0 Å². The van der Waals surface area contributed by atoms with Gasteiger partial charge in [0.25, 0.3) is 5.91 Å². The van der Waals surface area contributed by atoms with Crippen molar-refractivity contribution in [2.75, 3.05) is 0 Å². The number of nitrogens with two attached hydrogens (primary N) is 1. The van der Waals surface area contributed by atoms with Crippen molar-refractivity contribution >= 4 is 22.8 Å². The molecule has 178 valence electrons. The van der Waals surface area contributed by atoms with Gasteiger partial charge in [0, 0.05) is 17.1 Å². The quantitative estimate of drug-likeness (QED) is 0.377. The maximum atomic E-state index is 13.5. The van der Waals surface area contributed by atoms with Gasteiger partial charge in [0.2, 0.25) is 0 Å². The second-order valence-corrected chi connectivity index (χ2v) is 7.81. The molecule has 0 saturated carbocycles. The molecule has 0 aliphatic carbocycles. The predicted octanol–water partition coefficient (Wildman–Crippen LogP) is 5.23. The van der Waals surface area contributed by atoms with Crippen LogP contribution >= 0.6 is 0 Å². The molecule has 0 aliphatic heterocycles. The third-order valence-electron chi connectivity index (χ3n) is 5.37. The van der Waals surface area contributed by atoms with Crippen LogP contribution in [0, 0.1) is 0 Å². The average Bonchev–Trinajstić information content (AvgIpc) is 2.81. The number of carbonyl (C=O) groups excluding carboxylic acids is 1. The molecule has 1 aromatic heterocycles. The summed E-state index contributed by atoms with van der Waals surface area (Å²) >= 11 is 0. The number of alkyl halides is 3. The number of aliphatic carboxylic acids is 1. The first-order valence-corrected chi connectivity index (χ1v) is 10.4. The molecule has 0 aliphatic rings. The van der Waals surface area contributed by atoms with E-state index in [4.69, 9.17) is 15.6 Å². The molecule has 0 atom stereocenters. The fourth-order valence-corrected chi connectivity index (χ4v) is 3.79. The van der Waals surface area contributed by atoms with E-state index in [0.717, 1.165) is 17.8 Å². The van der Waals surface area contributed by atoms with Gasteiger partial charge in [0.1, 0.15) is 12.4 Å². The van der Waals surface area contributed by atoms with Crippen molar-refractivity contribution in [3.63, 3.8) is 0 Å². The molecule has 6 nitrogen and oxygen atoms in total. The minimum atomic E-state index is -4.62. The zero-order valence-corrected chi connectivity index (χ0v) is 18.2. The molecule has 1 heterocycles. The van der Waals surface area contributed by atoms with Gasteiger partial charge in [-0.1, -0.05) is 48.5 Å². The van der Waals surface area contributed by atoms with Crippen LogP contribution in [-0.4, -0.2) is 22.0 Å². The second kappa shape index (κ2) is 9.46. The van der Waals surface area contributed by atoms with Gasteiger partial charge in [-0.3, -0.25) is 14.6 Å². The summed E-state index contributed by atoms with van der Waals surface area (Å²) in [5.74, 6) is -1.32. The number of amides is 1. The first-order chi connectivity index (χ1) is 16.6. The predicted molar refractivity (Wildman–Crippen MR) is 123 cm³/mol. The minimum Gasteiger partial charge on any atom is -0.489 e. The molecule has 0 saturated heterocycles. The Balaban J connectivity index is 1.70. The van der Waals surface area contributed by atoms with Crippen LogP contribution in [0.3, 0.4) is 0 Å². The second-order valence-electron chi connectivity index (χ2n) is 7.81. The van der Waals surface area contributed by atoms with E-state index in [1.807, 2.05) is 0 Å². The van der Waals surface area contributed by atoms with Gasteiger partial charge in [-0.25, -0.2) is 0 Å². The van der Waals surface area contributed by atoms with Crippen molar-refractivity contribution in [2.45, 2.75) is 19.2 Å². The maximum absolute atomic E-state index is 13.5. The smallest absolute Gasteiger partial charge is 0.418 e. The van der Waals surface area contributed by atoms with Gasteiger partial charge in [-0.05, 0) is 34.9 Å². The van der Waals surface area contributed by atoms with Crippen LogP contribution in [0.4, 0.5) is 13.2 Å². The number of fused-ring (bicyclic) bond motifs is 1. The summed E-state index contributed by atoms with van der Waals surface area (Å²) in [5, 5.41) is 9.01. The summed E-state index contributed by atoms with van der Waals surface area (Å²) in [7, 11) is 0. The summed E-state index contributed by atoms with van der Waals surface area (Å²) in [6.07, 6.45) is -3.65. The Morgan fingerprint density at radius 3 is 2.31 bits per heavy atom. The van der Waals surface area contributed by atoms with Crippen molar-refractivity contribution in [2.24, 2.45) is 5.73 Å². The zero-order chi connectivity index (χ0) is 25.2. The first-order valence-electron chi connectivity index (χ1n) is 10.4. The number of hydrogen-bond donors (Lipinski definition) is 2.